The molecule has 1 unspecified atom stereocenters. The second kappa shape index (κ2) is 5.92. The first kappa shape index (κ1) is 14.8. The van der Waals surface area contributed by atoms with Crippen molar-refractivity contribution in [3.63, 3.8) is 0 Å². The third-order valence-corrected chi connectivity index (χ3v) is 3.84. The zero-order chi connectivity index (χ0) is 15.7. The topological polar surface area (TPSA) is 65.3 Å². The van der Waals surface area contributed by atoms with E-state index in [4.69, 9.17) is 9.47 Å². The molecule has 2 aromatic rings. The lowest BCUT2D eigenvalue weighted by Gasteiger charge is -2.34. The van der Waals surface area contributed by atoms with Crippen LogP contribution in [0.5, 0.6) is 5.88 Å². The highest BCUT2D eigenvalue weighted by atomic mass is 16.5. The molecule has 118 valence electrons. The van der Waals surface area contributed by atoms with Gasteiger partial charge in [0, 0.05) is 31.9 Å². The van der Waals surface area contributed by atoms with Crippen molar-refractivity contribution < 1.29 is 9.47 Å². The monoisotopic (exact) mass is 303 g/mol. The normalized spacial score (nSPS) is 18.5. The van der Waals surface area contributed by atoms with Crippen molar-refractivity contribution in [3.8, 4) is 5.88 Å². The Morgan fingerprint density at radius 3 is 2.82 bits per heavy atom. The van der Waals surface area contributed by atoms with Crippen LogP contribution >= 0.6 is 0 Å². The van der Waals surface area contributed by atoms with Crippen LogP contribution < -0.4 is 9.64 Å². The number of anilines is 1. The Morgan fingerprint density at radius 2 is 2.14 bits per heavy atom. The van der Waals surface area contributed by atoms with Gasteiger partial charge in [-0.05, 0) is 13.8 Å². The Balaban J connectivity index is 1.87. The summed E-state index contributed by atoms with van der Waals surface area (Å²) in [6.45, 7) is 6.07. The third kappa shape index (κ3) is 2.76. The molecule has 7 nitrogen and oxygen atoms in total. The molecule has 0 bridgehead atoms. The molecule has 0 aromatic carbocycles. The van der Waals surface area contributed by atoms with Crippen LogP contribution in [0.25, 0.3) is 0 Å². The second-order valence-electron chi connectivity index (χ2n) is 5.48. The van der Waals surface area contributed by atoms with E-state index >= 15 is 0 Å². The minimum Gasteiger partial charge on any atom is -0.481 e. The predicted molar refractivity (Wildman–Crippen MR) is 82.2 cm³/mol. The average Bonchev–Trinajstić information content (AvgIpc) is 2.96. The molecule has 1 fully saturated rings. The third-order valence-electron chi connectivity index (χ3n) is 3.84. The van der Waals surface area contributed by atoms with Crippen molar-refractivity contribution in [2.24, 2.45) is 7.05 Å². The second-order valence-corrected chi connectivity index (χ2v) is 5.48. The fourth-order valence-electron chi connectivity index (χ4n) is 2.74. The van der Waals surface area contributed by atoms with Crippen LogP contribution in [0, 0.1) is 13.8 Å². The maximum absolute atomic E-state index is 5.89. The number of methoxy groups -OCH3 is 1. The van der Waals surface area contributed by atoms with Gasteiger partial charge < -0.3 is 14.4 Å². The molecule has 0 amide bonds. The van der Waals surface area contributed by atoms with Gasteiger partial charge in [0.2, 0.25) is 5.88 Å². The van der Waals surface area contributed by atoms with Crippen molar-refractivity contribution in [1.29, 1.82) is 0 Å². The molecule has 0 aliphatic carbocycles. The molecule has 1 aliphatic rings. The fraction of sp³-hybridized carbons (Fsp3) is 0.533. The quantitative estimate of drug-likeness (QED) is 0.854. The average molecular weight is 303 g/mol. The molecular formula is C15H21N5O2. The standard InChI is InChI=1S/C15H21N5O2/c1-10-14(17-11(2)18-15(10)21-4)20-5-6-22-13(9-20)12-7-16-19(3)8-12/h7-8,13H,5-6,9H2,1-4H3. The lowest BCUT2D eigenvalue weighted by molar-refractivity contribution is 0.0394. The maximum atomic E-state index is 5.89. The summed E-state index contributed by atoms with van der Waals surface area (Å²) in [7, 11) is 3.54. The van der Waals surface area contributed by atoms with Crippen molar-refractivity contribution in [1.82, 2.24) is 19.7 Å². The van der Waals surface area contributed by atoms with Gasteiger partial charge in [-0.1, -0.05) is 0 Å². The van der Waals surface area contributed by atoms with Crippen LogP contribution in [0.3, 0.4) is 0 Å². The van der Waals surface area contributed by atoms with Crippen molar-refractivity contribution in [2.45, 2.75) is 20.0 Å². The van der Waals surface area contributed by atoms with Crippen LogP contribution in [0.2, 0.25) is 0 Å². The molecule has 0 spiro atoms. The van der Waals surface area contributed by atoms with Gasteiger partial charge in [0.25, 0.3) is 0 Å². The number of aromatic nitrogens is 4. The fourth-order valence-corrected chi connectivity index (χ4v) is 2.74. The van der Waals surface area contributed by atoms with E-state index in [1.165, 1.54) is 0 Å². The van der Waals surface area contributed by atoms with Crippen LogP contribution in [0.15, 0.2) is 12.4 Å². The van der Waals surface area contributed by atoms with E-state index in [-0.39, 0.29) is 6.10 Å². The van der Waals surface area contributed by atoms with E-state index in [1.807, 2.05) is 33.3 Å². The van der Waals surface area contributed by atoms with Crippen molar-refractivity contribution in [2.75, 3.05) is 31.7 Å². The van der Waals surface area contributed by atoms with E-state index in [9.17, 15) is 0 Å². The van der Waals surface area contributed by atoms with Crippen LogP contribution in [-0.2, 0) is 11.8 Å². The molecule has 3 rings (SSSR count). The van der Waals surface area contributed by atoms with E-state index in [0.717, 1.165) is 30.0 Å². The number of hydrogen-bond donors (Lipinski definition) is 0. The van der Waals surface area contributed by atoms with Gasteiger partial charge in [0.05, 0.1) is 25.5 Å². The summed E-state index contributed by atoms with van der Waals surface area (Å²) in [5, 5.41) is 4.22. The largest absolute Gasteiger partial charge is 0.481 e. The molecule has 2 aromatic heterocycles. The number of rotatable bonds is 3. The van der Waals surface area contributed by atoms with E-state index in [0.29, 0.717) is 18.3 Å². The summed E-state index contributed by atoms with van der Waals surface area (Å²) in [6.07, 6.45) is 3.85. The molecule has 0 radical (unpaired) electrons. The van der Waals surface area contributed by atoms with E-state index in [1.54, 1.807) is 11.8 Å². The first-order valence-corrected chi connectivity index (χ1v) is 7.33. The van der Waals surface area contributed by atoms with Crippen LogP contribution in [0.1, 0.15) is 23.1 Å². The Labute approximate surface area is 129 Å². The van der Waals surface area contributed by atoms with E-state index < -0.39 is 0 Å². The smallest absolute Gasteiger partial charge is 0.221 e. The summed E-state index contributed by atoms with van der Waals surface area (Å²) < 4.78 is 13.0. The van der Waals surface area contributed by atoms with Gasteiger partial charge >= 0.3 is 0 Å². The summed E-state index contributed by atoms with van der Waals surface area (Å²) in [5.41, 5.74) is 2.04. The first-order valence-electron chi connectivity index (χ1n) is 7.33. The highest BCUT2D eigenvalue weighted by Crippen LogP contribution is 2.29. The summed E-state index contributed by atoms with van der Waals surface area (Å²) in [4.78, 5) is 11.1. The van der Waals surface area contributed by atoms with Gasteiger partial charge in [0.15, 0.2) is 0 Å². The lowest BCUT2D eigenvalue weighted by atomic mass is 10.1. The molecule has 7 heteroatoms. The lowest BCUT2D eigenvalue weighted by Crippen LogP contribution is -2.39. The number of aryl methyl sites for hydroxylation is 2. The minimum atomic E-state index is 0.00289. The molecule has 0 saturated carbocycles. The van der Waals surface area contributed by atoms with Crippen molar-refractivity contribution in [3.05, 3.63) is 29.3 Å². The van der Waals surface area contributed by atoms with Crippen LogP contribution in [-0.4, -0.2) is 46.6 Å². The Hall–Kier alpha value is -2.15. The molecular weight excluding hydrogens is 282 g/mol. The SMILES string of the molecule is COc1nc(C)nc(N2CCOC(c3cnn(C)c3)C2)c1C. The summed E-state index contributed by atoms with van der Waals surface area (Å²) >= 11 is 0. The van der Waals surface area contributed by atoms with Gasteiger partial charge in [-0.2, -0.15) is 10.1 Å². The molecule has 1 aliphatic heterocycles. The van der Waals surface area contributed by atoms with Gasteiger partial charge in [0.1, 0.15) is 17.7 Å². The van der Waals surface area contributed by atoms with Crippen molar-refractivity contribution >= 4 is 5.82 Å². The Morgan fingerprint density at radius 1 is 1.32 bits per heavy atom. The van der Waals surface area contributed by atoms with Gasteiger partial charge in [-0.15, -0.1) is 0 Å². The zero-order valence-electron chi connectivity index (χ0n) is 13.4. The number of morpholine rings is 1. The first-order chi connectivity index (χ1) is 10.6. The Bertz CT molecular complexity index is 670. The number of hydrogen-bond acceptors (Lipinski definition) is 6. The predicted octanol–water partition coefficient (Wildman–Crippen LogP) is 1.41. The summed E-state index contributed by atoms with van der Waals surface area (Å²) in [5.74, 6) is 2.26. The highest BCUT2D eigenvalue weighted by Gasteiger charge is 2.26. The van der Waals surface area contributed by atoms with Gasteiger partial charge in [-0.25, -0.2) is 4.98 Å². The maximum Gasteiger partial charge on any atom is 0.221 e. The molecule has 1 atom stereocenters. The Kier molecular flexibility index (Phi) is 3.98. The summed E-state index contributed by atoms with van der Waals surface area (Å²) in [6, 6.07) is 0. The molecule has 1 saturated heterocycles. The number of nitrogens with zero attached hydrogens (tertiary/aromatic N) is 5. The van der Waals surface area contributed by atoms with E-state index in [2.05, 4.69) is 20.0 Å². The molecule has 22 heavy (non-hydrogen) atoms. The van der Waals surface area contributed by atoms with Gasteiger partial charge in [-0.3, -0.25) is 4.68 Å². The minimum absolute atomic E-state index is 0.00289. The molecule has 3 heterocycles. The zero-order valence-corrected chi connectivity index (χ0v) is 13.4. The van der Waals surface area contributed by atoms with Crippen LogP contribution in [0.4, 0.5) is 5.82 Å². The highest BCUT2D eigenvalue weighted by molar-refractivity contribution is 5.51. The number of ether oxygens (including phenoxy) is 2. The molecule has 0 N–H and O–H groups in total.